The molecule has 3 rings (SSSR count). The average Bonchev–Trinajstić information content (AvgIpc) is 2.84. The van der Waals surface area contributed by atoms with Crippen molar-refractivity contribution in [3.63, 3.8) is 0 Å². The Morgan fingerprint density at radius 2 is 1.74 bits per heavy atom. The van der Waals surface area contributed by atoms with Crippen LogP contribution in [0, 0.1) is 0 Å². The number of hydrogen-bond donors (Lipinski definition) is 2. The number of aromatic amines is 1. The van der Waals surface area contributed by atoms with Crippen LogP contribution in [0.4, 0.5) is 0 Å². The second kappa shape index (κ2) is 4.98. The third-order valence-corrected chi connectivity index (χ3v) is 3.22. The second-order valence-corrected chi connectivity index (χ2v) is 4.39. The number of H-pyrrole nitrogens is 1. The van der Waals surface area contributed by atoms with Crippen LogP contribution in [0.3, 0.4) is 0 Å². The van der Waals surface area contributed by atoms with E-state index in [9.17, 15) is 0 Å². The van der Waals surface area contributed by atoms with Gasteiger partial charge in [-0.05, 0) is 11.6 Å². The van der Waals surface area contributed by atoms with Gasteiger partial charge in [-0.25, -0.2) is 0 Å². The summed E-state index contributed by atoms with van der Waals surface area (Å²) in [4.78, 5) is 3.40. The van der Waals surface area contributed by atoms with E-state index in [1.807, 2.05) is 30.3 Å². The third-order valence-electron chi connectivity index (χ3n) is 3.22. The molecule has 0 unspecified atom stereocenters. The molecule has 1 heterocycles. The first-order chi connectivity index (χ1) is 9.40. The highest BCUT2D eigenvalue weighted by atomic mass is 16.4. The van der Waals surface area contributed by atoms with E-state index in [0.29, 0.717) is 6.42 Å². The molecule has 0 saturated heterocycles. The lowest BCUT2D eigenvalue weighted by molar-refractivity contribution is 0.320. The number of aromatic nitrogens is 1. The topological polar surface area (TPSA) is 48.4 Å². The summed E-state index contributed by atoms with van der Waals surface area (Å²) in [5.74, 6) is 0. The van der Waals surface area contributed by atoms with Gasteiger partial charge in [0.1, 0.15) is 0 Å². The van der Waals surface area contributed by atoms with Gasteiger partial charge in [-0.1, -0.05) is 48.5 Å². The van der Waals surface area contributed by atoms with E-state index in [1.165, 1.54) is 22.7 Å². The van der Waals surface area contributed by atoms with Gasteiger partial charge in [0.2, 0.25) is 0 Å². The quantitative estimate of drug-likeness (QED) is 0.414. The molecular formula is C16H14N2O. The third kappa shape index (κ3) is 2.10. The summed E-state index contributed by atoms with van der Waals surface area (Å²) in [5, 5.41) is 12.9. The number of benzene rings is 2. The molecule has 94 valence electrons. The van der Waals surface area contributed by atoms with Gasteiger partial charge in [0, 0.05) is 34.8 Å². The molecule has 0 amide bonds. The van der Waals surface area contributed by atoms with Gasteiger partial charge in [0.15, 0.2) is 0 Å². The Bertz CT molecular complexity index is 714. The van der Waals surface area contributed by atoms with Gasteiger partial charge in [-0.2, -0.15) is 0 Å². The lowest BCUT2D eigenvalue weighted by atomic mass is 10.0. The van der Waals surface area contributed by atoms with Crippen LogP contribution in [0.5, 0.6) is 0 Å². The molecule has 1 aromatic heterocycles. The summed E-state index contributed by atoms with van der Waals surface area (Å²) in [5.41, 5.74) is 4.50. The fourth-order valence-electron chi connectivity index (χ4n) is 2.42. The van der Waals surface area contributed by atoms with Crippen molar-refractivity contribution in [2.45, 2.75) is 6.42 Å². The second-order valence-electron chi connectivity index (χ2n) is 4.39. The molecule has 0 aliphatic heterocycles. The number of fused-ring (bicyclic) bond motifs is 1. The summed E-state index contributed by atoms with van der Waals surface area (Å²) >= 11 is 0. The van der Waals surface area contributed by atoms with Crippen LogP contribution >= 0.6 is 0 Å². The summed E-state index contributed by atoms with van der Waals surface area (Å²) in [6.07, 6.45) is 2.08. The van der Waals surface area contributed by atoms with E-state index in [-0.39, 0.29) is 0 Å². The van der Waals surface area contributed by atoms with Crippen molar-refractivity contribution in [1.29, 1.82) is 0 Å². The summed E-state index contributed by atoms with van der Waals surface area (Å²) in [6, 6.07) is 18.5. The van der Waals surface area contributed by atoms with E-state index in [1.54, 1.807) is 0 Å². The Morgan fingerprint density at radius 1 is 1.00 bits per heavy atom. The van der Waals surface area contributed by atoms with Gasteiger partial charge in [-0.3, -0.25) is 0 Å². The van der Waals surface area contributed by atoms with Crippen molar-refractivity contribution in [3.8, 4) is 11.1 Å². The number of para-hydroxylation sites is 1. The Balaban J connectivity index is 2.24. The Hall–Kier alpha value is -2.55. The fourth-order valence-corrected chi connectivity index (χ4v) is 2.42. The molecule has 0 atom stereocenters. The summed E-state index contributed by atoms with van der Waals surface area (Å²) in [7, 11) is 0. The molecule has 3 nitrogen and oxygen atoms in total. The standard InChI is InChI=1S/C16H14N2O/c19-17-11-10-15-16(12-6-2-1-3-7-12)13-8-4-5-9-14(13)18-15/h1-9,11,18-19H,10H2/b17-11-. The van der Waals surface area contributed by atoms with Crippen LogP contribution in [0.25, 0.3) is 22.0 Å². The van der Waals surface area contributed by atoms with Crippen LogP contribution < -0.4 is 0 Å². The Morgan fingerprint density at radius 3 is 2.53 bits per heavy atom. The van der Waals surface area contributed by atoms with Crippen molar-refractivity contribution in [1.82, 2.24) is 4.98 Å². The maximum atomic E-state index is 8.62. The molecule has 19 heavy (non-hydrogen) atoms. The Kier molecular flexibility index (Phi) is 3.02. The van der Waals surface area contributed by atoms with E-state index < -0.39 is 0 Å². The SMILES string of the molecule is O/N=C\Cc1[nH]c2ccccc2c1-c1ccccc1. The molecule has 0 radical (unpaired) electrons. The highest BCUT2D eigenvalue weighted by molar-refractivity contribution is 5.98. The lowest BCUT2D eigenvalue weighted by Gasteiger charge is -2.02. The highest BCUT2D eigenvalue weighted by Crippen LogP contribution is 2.32. The van der Waals surface area contributed by atoms with Crippen molar-refractivity contribution < 1.29 is 5.21 Å². The smallest absolute Gasteiger partial charge is 0.0494 e. The molecule has 0 bridgehead atoms. The largest absolute Gasteiger partial charge is 0.411 e. The molecular weight excluding hydrogens is 236 g/mol. The number of nitrogens with zero attached hydrogens (tertiary/aromatic N) is 1. The van der Waals surface area contributed by atoms with Crippen LogP contribution in [-0.2, 0) is 6.42 Å². The van der Waals surface area contributed by atoms with E-state index in [4.69, 9.17) is 5.21 Å². The van der Waals surface area contributed by atoms with Gasteiger partial charge in [-0.15, -0.1) is 5.16 Å². The summed E-state index contributed by atoms with van der Waals surface area (Å²) < 4.78 is 0. The maximum Gasteiger partial charge on any atom is 0.0494 e. The molecule has 0 spiro atoms. The molecule has 3 heteroatoms. The maximum absolute atomic E-state index is 8.62. The Labute approximate surface area is 111 Å². The van der Waals surface area contributed by atoms with Gasteiger partial charge < -0.3 is 10.2 Å². The van der Waals surface area contributed by atoms with Crippen LogP contribution in [0.15, 0.2) is 59.8 Å². The first-order valence-electron chi connectivity index (χ1n) is 6.21. The van der Waals surface area contributed by atoms with E-state index in [2.05, 4.69) is 34.4 Å². The minimum Gasteiger partial charge on any atom is -0.411 e. The molecule has 2 aromatic carbocycles. The molecule has 3 aromatic rings. The summed E-state index contributed by atoms with van der Waals surface area (Å²) in [6.45, 7) is 0. The molecule has 0 saturated carbocycles. The van der Waals surface area contributed by atoms with Crippen LogP contribution in [0.2, 0.25) is 0 Å². The average molecular weight is 250 g/mol. The first kappa shape index (κ1) is 11.5. The lowest BCUT2D eigenvalue weighted by Crippen LogP contribution is -1.89. The highest BCUT2D eigenvalue weighted by Gasteiger charge is 2.11. The fraction of sp³-hybridized carbons (Fsp3) is 0.0625. The monoisotopic (exact) mass is 250 g/mol. The molecule has 0 aliphatic rings. The van der Waals surface area contributed by atoms with Crippen LogP contribution in [-0.4, -0.2) is 16.4 Å². The zero-order valence-electron chi connectivity index (χ0n) is 10.4. The van der Waals surface area contributed by atoms with Crippen molar-refractivity contribution >= 4 is 17.1 Å². The number of nitrogens with one attached hydrogen (secondary N) is 1. The minimum atomic E-state index is 0.579. The number of rotatable bonds is 3. The predicted molar refractivity (Wildman–Crippen MR) is 77.7 cm³/mol. The first-order valence-corrected chi connectivity index (χ1v) is 6.21. The predicted octanol–water partition coefficient (Wildman–Crippen LogP) is 3.84. The van der Waals surface area contributed by atoms with Crippen molar-refractivity contribution in [2.75, 3.05) is 0 Å². The minimum absolute atomic E-state index is 0.579. The van der Waals surface area contributed by atoms with E-state index in [0.717, 1.165) is 11.2 Å². The van der Waals surface area contributed by atoms with Gasteiger partial charge in [0.05, 0.1) is 0 Å². The van der Waals surface area contributed by atoms with Crippen molar-refractivity contribution in [2.24, 2.45) is 5.16 Å². The molecule has 0 aliphatic carbocycles. The normalized spacial score (nSPS) is 11.4. The molecule has 2 N–H and O–H groups in total. The van der Waals surface area contributed by atoms with Crippen LogP contribution in [0.1, 0.15) is 5.69 Å². The number of hydrogen-bond acceptors (Lipinski definition) is 2. The van der Waals surface area contributed by atoms with Crippen molar-refractivity contribution in [3.05, 3.63) is 60.3 Å². The van der Waals surface area contributed by atoms with E-state index >= 15 is 0 Å². The number of oxime groups is 1. The zero-order valence-corrected chi connectivity index (χ0v) is 10.4. The zero-order chi connectivity index (χ0) is 13.1. The molecule has 0 fully saturated rings. The van der Waals surface area contributed by atoms with Gasteiger partial charge >= 0.3 is 0 Å². The van der Waals surface area contributed by atoms with Gasteiger partial charge in [0.25, 0.3) is 0 Å².